The molecular formula is C42H25N. The van der Waals surface area contributed by atoms with Crippen molar-refractivity contribution in [1.82, 2.24) is 4.98 Å². The fourth-order valence-corrected chi connectivity index (χ4v) is 7.73. The average Bonchev–Trinajstić information content (AvgIpc) is 3.63. The van der Waals surface area contributed by atoms with E-state index in [2.05, 4.69) is 151 Å². The number of aromatic amines is 1. The molecule has 1 heterocycles. The first kappa shape index (κ1) is 23.0. The number of aromatic nitrogens is 1. The maximum atomic E-state index is 3.90. The van der Waals surface area contributed by atoms with Gasteiger partial charge in [-0.25, -0.2) is 0 Å². The number of hydrogen-bond donors (Lipinski definition) is 1. The first-order chi connectivity index (χ1) is 21.3. The fraction of sp³-hybridized carbons (Fsp3) is 0. The molecule has 0 saturated carbocycles. The Morgan fingerprint density at radius 3 is 1.58 bits per heavy atom. The van der Waals surface area contributed by atoms with Gasteiger partial charge in [0.05, 0.1) is 11.0 Å². The molecule has 0 atom stereocenters. The van der Waals surface area contributed by atoms with Crippen LogP contribution in [-0.2, 0) is 0 Å². The Kier molecular flexibility index (Phi) is 4.51. The zero-order valence-corrected chi connectivity index (χ0v) is 23.4. The zero-order chi connectivity index (χ0) is 28.1. The van der Waals surface area contributed by atoms with Crippen LogP contribution >= 0.6 is 0 Å². The van der Waals surface area contributed by atoms with Crippen molar-refractivity contribution in [3.63, 3.8) is 0 Å². The van der Waals surface area contributed by atoms with E-state index in [9.17, 15) is 0 Å². The summed E-state index contributed by atoms with van der Waals surface area (Å²) < 4.78 is 0. The summed E-state index contributed by atoms with van der Waals surface area (Å²) in [6.45, 7) is 0. The number of para-hydroxylation sites is 1. The molecule has 1 aliphatic carbocycles. The van der Waals surface area contributed by atoms with E-state index < -0.39 is 0 Å². The number of benzene rings is 8. The Morgan fingerprint density at radius 1 is 0.279 bits per heavy atom. The molecule has 0 saturated heterocycles. The van der Waals surface area contributed by atoms with E-state index in [-0.39, 0.29) is 0 Å². The van der Waals surface area contributed by atoms with E-state index >= 15 is 0 Å². The van der Waals surface area contributed by atoms with Crippen LogP contribution in [-0.4, -0.2) is 4.98 Å². The third-order valence-corrected chi connectivity index (χ3v) is 9.55. The van der Waals surface area contributed by atoms with Gasteiger partial charge in [0, 0.05) is 21.7 Å². The van der Waals surface area contributed by atoms with Crippen molar-refractivity contribution < 1.29 is 0 Å². The van der Waals surface area contributed by atoms with Crippen molar-refractivity contribution in [1.29, 1.82) is 0 Å². The zero-order valence-electron chi connectivity index (χ0n) is 23.4. The van der Waals surface area contributed by atoms with Crippen LogP contribution in [0.5, 0.6) is 0 Å². The first-order valence-electron chi connectivity index (χ1n) is 15.0. The van der Waals surface area contributed by atoms with E-state index in [0.717, 1.165) is 0 Å². The molecule has 0 spiro atoms. The highest BCUT2D eigenvalue weighted by atomic mass is 14.7. The monoisotopic (exact) mass is 543 g/mol. The van der Waals surface area contributed by atoms with Crippen molar-refractivity contribution in [3.05, 3.63) is 146 Å². The summed E-state index contributed by atoms with van der Waals surface area (Å²) in [7, 11) is 0. The molecule has 0 aliphatic heterocycles. The average molecular weight is 544 g/mol. The third kappa shape index (κ3) is 3.06. The van der Waals surface area contributed by atoms with E-state index in [1.165, 1.54) is 98.6 Å². The maximum Gasteiger partial charge on any atom is 0.0551 e. The van der Waals surface area contributed by atoms with Gasteiger partial charge in [0.2, 0.25) is 0 Å². The standard InChI is InChI=1S/C42H25N/c1-2-13-30-29(12-1)34-20-9-19-33-27(22-23-36(30)39(33)34)25-10-7-11-26(24-25)28-18-8-21-38-40-35-16-5-3-14-31(35)32-15-4-6-17-37(32)42(40)43-41(28)38/h1-24,43H. The molecule has 198 valence electrons. The summed E-state index contributed by atoms with van der Waals surface area (Å²) in [5.74, 6) is 0. The van der Waals surface area contributed by atoms with Gasteiger partial charge in [-0.3, -0.25) is 0 Å². The van der Waals surface area contributed by atoms with Crippen LogP contribution < -0.4 is 0 Å². The molecule has 0 fully saturated rings. The Hall–Kier alpha value is -5.66. The molecule has 1 N–H and O–H groups in total. The van der Waals surface area contributed by atoms with Crippen molar-refractivity contribution in [2.75, 3.05) is 0 Å². The van der Waals surface area contributed by atoms with Crippen molar-refractivity contribution in [2.24, 2.45) is 0 Å². The van der Waals surface area contributed by atoms with Crippen molar-refractivity contribution in [2.45, 2.75) is 0 Å². The number of rotatable bonds is 2. The topological polar surface area (TPSA) is 15.8 Å². The summed E-state index contributed by atoms with van der Waals surface area (Å²) >= 11 is 0. The predicted octanol–water partition coefficient (Wildman–Crippen LogP) is 11.8. The molecule has 0 unspecified atom stereocenters. The second-order valence-electron chi connectivity index (χ2n) is 11.7. The molecular weight excluding hydrogens is 518 g/mol. The molecule has 8 aromatic carbocycles. The minimum Gasteiger partial charge on any atom is -0.353 e. The van der Waals surface area contributed by atoms with Crippen LogP contribution in [0.1, 0.15) is 0 Å². The van der Waals surface area contributed by atoms with Crippen LogP contribution in [0.2, 0.25) is 0 Å². The van der Waals surface area contributed by atoms with E-state index in [1.54, 1.807) is 0 Å². The molecule has 9 aromatic rings. The summed E-state index contributed by atoms with van der Waals surface area (Å²) in [6, 6.07) is 53.5. The van der Waals surface area contributed by atoms with Gasteiger partial charge in [-0.05, 0) is 71.9 Å². The Labute approximate surface area is 248 Å². The van der Waals surface area contributed by atoms with Crippen molar-refractivity contribution >= 4 is 54.1 Å². The Morgan fingerprint density at radius 2 is 0.791 bits per heavy atom. The largest absolute Gasteiger partial charge is 0.353 e. The van der Waals surface area contributed by atoms with E-state index in [0.29, 0.717) is 0 Å². The molecule has 1 aromatic heterocycles. The molecule has 1 aliphatic rings. The highest BCUT2D eigenvalue weighted by molar-refractivity contribution is 6.32. The Balaban J connectivity index is 1.21. The number of H-pyrrole nitrogens is 1. The minimum absolute atomic E-state index is 1.19. The lowest BCUT2D eigenvalue weighted by Crippen LogP contribution is -1.86. The minimum atomic E-state index is 1.19. The lowest BCUT2D eigenvalue weighted by Gasteiger charge is -2.12. The SMILES string of the molecule is c1cc(-c2ccc3c4c(cccc24)-c2ccccc2-3)cc(-c2cccc3c2[nH]c2c4ccccc4c4ccccc4c32)c1. The lowest BCUT2D eigenvalue weighted by molar-refractivity contribution is 1.55. The summed E-state index contributed by atoms with van der Waals surface area (Å²) in [4.78, 5) is 3.90. The second kappa shape index (κ2) is 8.44. The van der Waals surface area contributed by atoms with Gasteiger partial charge in [-0.2, -0.15) is 0 Å². The number of hydrogen-bond acceptors (Lipinski definition) is 0. The summed E-state index contributed by atoms with van der Waals surface area (Å²) in [6.07, 6.45) is 0. The van der Waals surface area contributed by atoms with Crippen LogP contribution in [0.15, 0.2) is 146 Å². The van der Waals surface area contributed by atoms with E-state index in [1.807, 2.05) is 0 Å². The first-order valence-corrected chi connectivity index (χ1v) is 15.0. The number of fused-ring (bicyclic) bond motifs is 11. The van der Waals surface area contributed by atoms with E-state index in [4.69, 9.17) is 0 Å². The maximum absolute atomic E-state index is 3.90. The summed E-state index contributed by atoms with van der Waals surface area (Å²) in [5, 5.41) is 10.4. The molecule has 0 amide bonds. The highest BCUT2D eigenvalue weighted by Crippen LogP contribution is 2.49. The van der Waals surface area contributed by atoms with Crippen LogP contribution in [0.3, 0.4) is 0 Å². The second-order valence-corrected chi connectivity index (χ2v) is 11.7. The van der Waals surface area contributed by atoms with Gasteiger partial charge in [0.25, 0.3) is 0 Å². The smallest absolute Gasteiger partial charge is 0.0551 e. The van der Waals surface area contributed by atoms with Gasteiger partial charge in [-0.1, -0.05) is 140 Å². The summed E-state index contributed by atoms with van der Waals surface area (Å²) in [5.41, 5.74) is 12.7. The molecule has 43 heavy (non-hydrogen) atoms. The van der Waals surface area contributed by atoms with Crippen LogP contribution in [0.4, 0.5) is 0 Å². The van der Waals surface area contributed by atoms with Crippen molar-refractivity contribution in [3.8, 4) is 44.5 Å². The molecule has 10 rings (SSSR count). The predicted molar refractivity (Wildman–Crippen MR) is 184 cm³/mol. The third-order valence-electron chi connectivity index (χ3n) is 9.55. The van der Waals surface area contributed by atoms with Crippen LogP contribution in [0.25, 0.3) is 98.6 Å². The molecule has 1 nitrogen and oxygen atoms in total. The van der Waals surface area contributed by atoms with Gasteiger partial charge in [0.15, 0.2) is 0 Å². The van der Waals surface area contributed by atoms with Gasteiger partial charge >= 0.3 is 0 Å². The Bertz CT molecular complexity index is 2590. The lowest BCUT2D eigenvalue weighted by atomic mass is 9.92. The molecule has 0 radical (unpaired) electrons. The van der Waals surface area contributed by atoms with Gasteiger partial charge in [0.1, 0.15) is 0 Å². The quantitative estimate of drug-likeness (QED) is 0.209. The normalized spacial score (nSPS) is 12.2. The molecule has 1 heteroatoms. The van der Waals surface area contributed by atoms with Gasteiger partial charge < -0.3 is 4.98 Å². The van der Waals surface area contributed by atoms with Gasteiger partial charge in [-0.15, -0.1) is 0 Å². The number of nitrogens with one attached hydrogen (secondary N) is 1. The fourth-order valence-electron chi connectivity index (χ4n) is 7.73. The van der Waals surface area contributed by atoms with Crippen LogP contribution in [0, 0.1) is 0 Å². The highest BCUT2D eigenvalue weighted by Gasteiger charge is 2.22. The molecule has 0 bridgehead atoms.